The van der Waals surface area contributed by atoms with Crippen molar-refractivity contribution in [1.82, 2.24) is 0 Å². The van der Waals surface area contributed by atoms with Gasteiger partial charge in [0.05, 0.1) is 0 Å². The van der Waals surface area contributed by atoms with Crippen LogP contribution in [0.5, 0.6) is 0 Å². The van der Waals surface area contributed by atoms with Gasteiger partial charge in [-0.15, -0.1) is 0 Å². The lowest BCUT2D eigenvalue weighted by Gasteiger charge is -1.96. The Bertz CT molecular complexity index is 556. The summed E-state index contributed by atoms with van der Waals surface area (Å²) in [5, 5.41) is 2.64. The van der Waals surface area contributed by atoms with Gasteiger partial charge in [0, 0.05) is 0 Å². The molecule has 0 bridgehead atoms. The number of rotatable bonds is 0. The van der Waals surface area contributed by atoms with E-state index in [0.29, 0.717) is 0 Å². The Labute approximate surface area is 103 Å². The van der Waals surface area contributed by atoms with Crippen molar-refractivity contribution in [2.45, 2.75) is 20.3 Å². The molecule has 0 radical (unpaired) electrons. The summed E-state index contributed by atoms with van der Waals surface area (Å²) in [6.45, 7) is 4.23. The fraction of sp³-hybridized carbons (Fsp3) is 0.176. The molecule has 1 aliphatic carbocycles. The van der Waals surface area contributed by atoms with E-state index in [1.54, 1.807) is 0 Å². The van der Waals surface area contributed by atoms with Gasteiger partial charge >= 0.3 is 0 Å². The molecule has 0 amide bonds. The number of allylic oxidation sites excluding steroid dienone is 4. The van der Waals surface area contributed by atoms with Crippen molar-refractivity contribution in [2.75, 3.05) is 0 Å². The monoisotopic (exact) mass is 222 g/mol. The summed E-state index contributed by atoms with van der Waals surface area (Å²) < 4.78 is 0. The van der Waals surface area contributed by atoms with E-state index >= 15 is 0 Å². The average molecular weight is 222 g/mol. The van der Waals surface area contributed by atoms with Crippen LogP contribution in [-0.4, -0.2) is 0 Å². The minimum absolute atomic E-state index is 1.14. The van der Waals surface area contributed by atoms with E-state index in [1.807, 2.05) is 0 Å². The third-order valence-electron chi connectivity index (χ3n) is 2.86. The van der Waals surface area contributed by atoms with E-state index in [0.717, 1.165) is 6.42 Å². The summed E-state index contributed by atoms with van der Waals surface area (Å²) in [7, 11) is 0. The molecular weight excluding hydrogens is 204 g/mol. The van der Waals surface area contributed by atoms with Crippen LogP contribution in [0.25, 0.3) is 10.8 Å². The summed E-state index contributed by atoms with van der Waals surface area (Å²) in [5.41, 5.74) is 2.72. The smallest absolute Gasteiger partial charge is 0.0160 e. The fourth-order valence-corrected chi connectivity index (χ4v) is 1.88. The molecule has 0 nitrogen and oxygen atoms in total. The van der Waals surface area contributed by atoms with Crippen LogP contribution in [0, 0.1) is 6.92 Å². The molecule has 0 N–H and O–H groups in total. The van der Waals surface area contributed by atoms with Gasteiger partial charge in [0.15, 0.2) is 0 Å². The summed E-state index contributed by atoms with van der Waals surface area (Å²) in [5.74, 6) is 0. The molecule has 0 unspecified atom stereocenters. The number of fused-ring (bicyclic) bond motifs is 1. The highest BCUT2D eigenvalue weighted by Crippen LogP contribution is 2.14. The molecule has 0 heterocycles. The molecule has 2 aromatic carbocycles. The first-order valence-corrected chi connectivity index (χ1v) is 6.04. The predicted molar refractivity (Wildman–Crippen MR) is 76.2 cm³/mol. The van der Waals surface area contributed by atoms with E-state index in [2.05, 4.69) is 74.5 Å². The van der Waals surface area contributed by atoms with E-state index in [9.17, 15) is 0 Å². The molecule has 0 aromatic heterocycles. The van der Waals surface area contributed by atoms with E-state index in [4.69, 9.17) is 0 Å². The molecular formula is C17H18. The first-order chi connectivity index (χ1) is 8.25. The fourth-order valence-electron chi connectivity index (χ4n) is 1.88. The van der Waals surface area contributed by atoms with Gasteiger partial charge in [-0.05, 0) is 31.0 Å². The highest BCUT2D eigenvalue weighted by Gasteiger charge is 1.89. The Morgan fingerprint density at radius 1 is 0.882 bits per heavy atom. The SMILES string of the molecule is CC1=CCC=C1.Cc1ccc2ccccc2c1. The minimum atomic E-state index is 1.14. The third kappa shape index (κ3) is 3.32. The Balaban J connectivity index is 0.000000153. The number of aryl methyl sites for hydroxylation is 1. The second kappa shape index (κ2) is 5.49. The first kappa shape index (κ1) is 11.7. The third-order valence-corrected chi connectivity index (χ3v) is 2.86. The average Bonchev–Trinajstić information content (AvgIpc) is 2.81. The van der Waals surface area contributed by atoms with E-state index in [-0.39, 0.29) is 0 Å². The number of benzene rings is 2. The Morgan fingerprint density at radius 3 is 2.24 bits per heavy atom. The summed E-state index contributed by atoms with van der Waals surface area (Å²) in [6, 6.07) is 14.9. The molecule has 0 aliphatic heterocycles. The van der Waals surface area contributed by atoms with E-state index < -0.39 is 0 Å². The van der Waals surface area contributed by atoms with Gasteiger partial charge in [0.25, 0.3) is 0 Å². The molecule has 0 spiro atoms. The van der Waals surface area contributed by atoms with Crippen molar-refractivity contribution in [3.8, 4) is 0 Å². The van der Waals surface area contributed by atoms with Crippen LogP contribution in [0.15, 0.2) is 66.3 Å². The normalized spacial score (nSPS) is 13.2. The molecule has 0 atom stereocenters. The van der Waals surface area contributed by atoms with Crippen molar-refractivity contribution in [2.24, 2.45) is 0 Å². The van der Waals surface area contributed by atoms with Crippen LogP contribution in [0.3, 0.4) is 0 Å². The second-order valence-electron chi connectivity index (χ2n) is 4.44. The molecule has 0 heteroatoms. The Hall–Kier alpha value is -1.82. The van der Waals surface area contributed by atoms with Gasteiger partial charge in [0.2, 0.25) is 0 Å². The van der Waals surface area contributed by atoms with Crippen LogP contribution in [0.4, 0.5) is 0 Å². The van der Waals surface area contributed by atoms with Crippen LogP contribution in [-0.2, 0) is 0 Å². The van der Waals surface area contributed by atoms with Crippen molar-refractivity contribution in [3.05, 3.63) is 71.8 Å². The second-order valence-corrected chi connectivity index (χ2v) is 4.44. The standard InChI is InChI=1S/C11H10.C6H8/c1-9-6-7-10-4-2-3-5-11(10)8-9;1-6-4-2-3-5-6/h2-8H,1H3;2,4-5H,3H2,1H3. The summed E-state index contributed by atoms with van der Waals surface area (Å²) in [4.78, 5) is 0. The Morgan fingerprint density at radius 2 is 1.65 bits per heavy atom. The predicted octanol–water partition coefficient (Wildman–Crippen LogP) is 5.04. The minimum Gasteiger partial charge on any atom is -0.0805 e. The van der Waals surface area contributed by atoms with Crippen molar-refractivity contribution in [1.29, 1.82) is 0 Å². The molecule has 3 rings (SSSR count). The molecule has 86 valence electrons. The van der Waals surface area contributed by atoms with Crippen LogP contribution < -0.4 is 0 Å². The maximum atomic E-state index is 2.21. The van der Waals surface area contributed by atoms with E-state index in [1.165, 1.54) is 21.9 Å². The maximum Gasteiger partial charge on any atom is -0.0160 e. The van der Waals surface area contributed by atoms with Crippen LogP contribution in [0.2, 0.25) is 0 Å². The van der Waals surface area contributed by atoms with Gasteiger partial charge in [-0.2, -0.15) is 0 Å². The van der Waals surface area contributed by atoms with Crippen LogP contribution in [0.1, 0.15) is 18.9 Å². The highest BCUT2D eigenvalue weighted by molar-refractivity contribution is 5.82. The van der Waals surface area contributed by atoms with Gasteiger partial charge in [0.1, 0.15) is 0 Å². The van der Waals surface area contributed by atoms with Crippen molar-refractivity contribution in [3.63, 3.8) is 0 Å². The lowest BCUT2D eigenvalue weighted by molar-refractivity contribution is 1.42. The van der Waals surface area contributed by atoms with Gasteiger partial charge in [-0.1, -0.05) is 71.8 Å². The molecule has 1 aliphatic rings. The number of hydrogen-bond acceptors (Lipinski definition) is 0. The molecule has 0 saturated carbocycles. The van der Waals surface area contributed by atoms with Gasteiger partial charge < -0.3 is 0 Å². The van der Waals surface area contributed by atoms with Crippen molar-refractivity contribution < 1.29 is 0 Å². The lowest BCUT2D eigenvalue weighted by Crippen LogP contribution is -1.73. The molecule has 17 heavy (non-hydrogen) atoms. The summed E-state index contributed by atoms with van der Waals surface area (Å²) in [6.07, 6.45) is 7.65. The topological polar surface area (TPSA) is 0 Å². The molecule has 0 saturated heterocycles. The van der Waals surface area contributed by atoms with Gasteiger partial charge in [-0.25, -0.2) is 0 Å². The van der Waals surface area contributed by atoms with Crippen molar-refractivity contribution >= 4 is 10.8 Å². The molecule has 0 fully saturated rings. The number of hydrogen-bond donors (Lipinski definition) is 0. The Kier molecular flexibility index (Phi) is 3.77. The quantitative estimate of drug-likeness (QED) is 0.585. The zero-order valence-electron chi connectivity index (χ0n) is 10.5. The van der Waals surface area contributed by atoms with Crippen LogP contribution >= 0.6 is 0 Å². The molecule has 2 aromatic rings. The first-order valence-electron chi connectivity index (χ1n) is 6.04. The largest absolute Gasteiger partial charge is 0.0805 e. The maximum absolute atomic E-state index is 2.21. The highest BCUT2D eigenvalue weighted by atomic mass is 13.9. The zero-order chi connectivity index (χ0) is 12.1. The van der Waals surface area contributed by atoms with Gasteiger partial charge in [-0.3, -0.25) is 0 Å². The lowest BCUT2D eigenvalue weighted by atomic mass is 10.1. The zero-order valence-corrected chi connectivity index (χ0v) is 10.5. The summed E-state index contributed by atoms with van der Waals surface area (Å²) >= 11 is 0.